The third kappa shape index (κ3) is 4.06. The van der Waals surface area contributed by atoms with Crippen LogP contribution in [0.5, 0.6) is 0 Å². The lowest BCUT2D eigenvalue weighted by Crippen LogP contribution is -2.40. The highest BCUT2D eigenvalue weighted by molar-refractivity contribution is 9.10. The first kappa shape index (κ1) is 15.5. The Morgan fingerprint density at radius 1 is 1.50 bits per heavy atom. The molecule has 0 aliphatic carbocycles. The van der Waals surface area contributed by atoms with Gasteiger partial charge in [0.25, 0.3) is 0 Å². The Morgan fingerprint density at radius 3 is 3.10 bits per heavy atom. The molecule has 6 heteroatoms. The van der Waals surface area contributed by atoms with Crippen LogP contribution in [0.25, 0.3) is 0 Å². The second kappa shape index (κ2) is 7.78. The van der Waals surface area contributed by atoms with Gasteiger partial charge in [0.05, 0.1) is 10.6 Å². The molecule has 2 rings (SSSR count). The van der Waals surface area contributed by atoms with Gasteiger partial charge in [-0.05, 0) is 42.1 Å². The number of hydrogen-bond acceptors (Lipinski definition) is 5. The Kier molecular flexibility index (Phi) is 6.04. The molecule has 2 heterocycles. The average molecular weight is 343 g/mol. The summed E-state index contributed by atoms with van der Waals surface area (Å²) in [5, 5.41) is 3.24. The number of ether oxygens (including phenoxy) is 1. The van der Waals surface area contributed by atoms with Crippen LogP contribution in [0.15, 0.2) is 10.7 Å². The number of nitrogens with zero attached hydrogens (tertiary/aromatic N) is 3. The van der Waals surface area contributed by atoms with Gasteiger partial charge in [-0.1, -0.05) is 6.92 Å². The van der Waals surface area contributed by atoms with E-state index in [2.05, 4.69) is 43.0 Å². The molecular formula is C14H23BrN4O. The molecule has 0 amide bonds. The van der Waals surface area contributed by atoms with Crippen LogP contribution in [0.4, 0.5) is 11.8 Å². The van der Waals surface area contributed by atoms with Gasteiger partial charge in [0.2, 0.25) is 5.95 Å². The predicted octanol–water partition coefficient (Wildman–Crippen LogP) is 3.07. The molecule has 1 aromatic rings. The molecule has 0 aromatic carbocycles. The van der Waals surface area contributed by atoms with Crippen molar-refractivity contribution in [2.45, 2.75) is 39.2 Å². The van der Waals surface area contributed by atoms with Gasteiger partial charge >= 0.3 is 0 Å². The van der Waals surface area contributed by atoms with Gasteiger partial charge < -0.3 is 15.0 Å². The lowest BCUT2D eigenvalue weighted by atomic mass is 10.1. The summed E-state index contributed by atoms with van der Waals surface area (Å²) in [6, 6.07) is 0. The van der Waals surface area contributed by atoms with Crippen molar-refractivity contribution in [3.63, 3.8) is 0 Å². The molecular weight excluding hydrogens is 320 g/mol. The molecule has 112 valence electrons. The molecule has 1 aliphatic rings. The number of halogens is 1. The molecule has 1 aliphatic heterocycles. The van der Waals surface area contributed by atoms with E-state index in [0.717, 1.165) is 55.8 Å². The molecule has 1 aromatic heterocycles. The third-order valence-electron chi connectivity index (χ3n) is 3.34. The average Bonchev–Trinajstić information content (AvgIpc) is 2.47. The van der Waals surface area contributed by atoms with Crippen LogP contribution in [0, 0.1) is 0 Å². The van der Waals surface area contributed by atoms with Crippen LogP contribution >= 0.6 is 15.9 Å². The molecule has 0 bridgehead atoms. The summed E-state index contributed by atoms with van der Waals surface area (Å²) >= 11 is 3.56. The molecule has 0 spiro atoms. The maximum Gasteiger partial charge on any atom is 0.224 e. The van der Waals surface area contributed by atoms with Gasteiger partial charge in [-0.3, -0.25) is 0 Å². The molecule has 1 unspecified atom stereocenters. The van der Waals surface area contributed by atoms with Crippen LogP contribution in [0.3, 0.4) is 0 Å². The number of hydrogen-bond donors (Lipinski definition) is 1. The number of piperidine rings is 1. The number of anilines is 2. The SMILES string of the molecule is CCCNc1ncc(Br)c(N2CCCC(OCC)C2)n1. The number of aromatic nitrogens is 2. The fraction of sp³-hybridized carbons (Fsp3) is 0.714. The monoisotopic (exact) mass is 342 g/mol. The molecule has 20 heavy (non-hydrogen) atoms. The van der Waals surface area contributed by atoms with Crippen LogP contribution in [0.2, 0.25) is 0 Å². The molecule has 1 N–H and O–H groups in total. The predicted molar refractivity (Wildman–Crippen MR) is 85.4 cm³/mol. The Morgan fingerprint density at radius 2 is 2.35 bits per heavy atom. The normalized spacial score (nSPS) is 19.1. The highest BCUT2D eigenvalue weighted by Gasteiger charge is 2.23. The maximum atomic E-state index is 5.75. The van der Waals surface area contributed by atoms with Crippen molar-refractivity contribution in [2.75, 3.05) is 36.5 Å². The van der Waals surface area contributed by atoms with E-state index in [1.54, 1.807) is 0 Å². The topological polar surface area (TPSA) is 50.3 Å². The lowest BCUT2D eigenvalue weighted by Gasteiger charge is -2.33. The van der Waals surface area contributed by atoms with Crippen molar-refractivity contribution in [3.05, 3.63) is 10.7 Å². The van der Waals surface area contributed by atoms with Gasteiger partial charge in [0, 0.05) is 32.4 Å². The van der Waals surface area contributed by atoms with E-state index < -0.39 is 0 Å². The second-order valence-corrected chi connectivity index (χ2v) is 5.81. The zero-order valence-corrected chi connectivity index (χ0v) is 13.8. The van der Waals surface area contributed by atoms with E-state index >= 15 is 0 Å². The minimum atomic E-state index is 0.308. The van der Waals surface area contributed by atoms with Crippen molar-refractivity contribution >= 4 is 27.7 Å². The second-order valence-electron chi connectivity index (χ2n) is 4.96. The first-order valence-electron chi connectivity index (χ1n) is 7.37. The third-order valence-corrected chi connectivity index (χ3v) is 3.90. The van der Waals surface area contributed by atoms with Crippen molar-refractivity contribution in [3.8, 4) is 0 Å². The van der Waals surface area contributed by atoms with Gasteiger partial charge in [-0.2, -0.15) is 4.98 Å². The van der Waals surface area contributed by atoms with Gasteiger partial charge in [0.15, 0.2) is 0 Å². The number of nitrogens with one attached hydrogen (secondary N) is 1. The Hall–Kier alpha value is -0.880. The minimum Gasteiger partial charge on any atom is -0.377 e. The highest BCUT2D eigenvalue weighted by Crippen LogP contribution is 2.27. The van der Waals surface area contributed by atoms with E-state index in [1.165, 1.54) is 0 Å². The zero-order valence-electron chi connectivity index (χ0n) is 12.2. The Balaban J connectivity index is 2.09. The zero-order chi connectivity index (χ0) is 14.4. The molecule has 1 fully saturated rings. The summed E-state index contributed by atoms with van der Waals surface area (Å²) in [7, 11) is 0. The van der Waals surface area contributed by atoms with Crippen molar-refractivity contribution < 1.29 is 4.74 Å². The summed E-state index contributed by atoms with van der Waals surface area (Å²) in [6.07, 6.45) is 5.46. The first-order chi connectivity index (χ1) is 9.74. The standard InChI is InChI=1S/C14H23BrN4O/c1-3-7-16-14-17-9-12(15)13(18-14)19-8-5-6-11(10-19)20-4-2/h9,11H,3-8,10H2,1-2H3,(H,16,17,18). The van der Waals surface area contributed by atoms with Crippen LogP contribution in [-0.2, 0) is 4.74 Å². The van der Waals surface area contributed by atoms with Crippen LogP contribution in [-0.4, -0.2) is 42.3 Å². The summed E-state index contributed by atoms with van der Waals surface area (Å²) in [4.78, 5) is 11.2. The molecule has 1 saturated heterocycles. The highest BCUT2D eigenvalue weighted by atomic mass is 79.9. The largest absolute Gasteiger partial charge is 0.377 e. The quantitative estimate of drug-likeness (QED) is 0.860. The van der Waals surface area contributed by atoms with E-state index in [-0.39, 0.29) is 0 Å². The Bertz CT molecular complexity index is 428. The van der Waals surface area contributed by atoms with E-state index in [0.29, 0.717) is 12.1 Å². The van der Waals surface area contributed by atoms with E-state index in [4.69, 9.17) is 4.74 Å². The fourth-order valence-corrected chi connectivity index (χ4v) is 2.85. The fourth-order valence-electron chi connectivity index (χ4n) is 2.40. The molecule has 5 nitrogen and oxygen atoms in total. The van der Waals surface area contributed by atoms with E-state index in [9.17, 15) is 0 Å². The summed E-state index contributed by atoms with van der Waals surface area (Å²) in [6.45, 7) is 7.76. The summed E-state index contributed by atoms with van der Waals surface area (Å²) < 4.78 is 6.69. The Labute approximate surface area is 129 Å². The smallest absolute Gasteiger partial charge is 0.224 e. The number of rotatable bonds is 6. The maximum absolute atomic E-state index is 5.75. The van der Waals surface area contributed by atoms with Crippen molar-refractivity contribution in [1.82, 2.24) is 9.97 Å². The van der Waals surface area contributed by atoms with Crippen LogP contribution < -0.4 is 10.2 Å². The molecule has 0 saturated carbocycles. The van der Waals surface area contributed by atoms with Crippen LogP contribution in [0.1, 0.15) is 33.1 Å². The van der Waals surface area contributed by atoms with Gasteiger partial charge in [-0.15, -0.1) is 0 Å². The minimum absolute atomic E-state index is 0.308. The van der Waals surface area contributed by atoms with Crippen molar-refractivity contribution in [1.29, 1.82) is 0 Å². The van der Waals surface area contributed by atoms with Gasteiger partial charge in [0.1, 0.15) is 5.82 Å². The first-order valence-corrected chi connectivity index (χ1v) is 8.16. The lowest BCUT2D eigenvalue weighted by molar-refractivity contribution is 0.0525. The van der Waals surface area contributed by atoms with E-state index in [1.807, 2.05) is 13.1 Å². The molecule has 1 atom stereocenters. The van der Waals surface area contributed by atoms with Gasteiger partial charge in [-0.25, -0.2) is 4.98 Å². The summed E-state index contributed by atoms with van der Waals surface area (Å²) in [5.41, 5.74) is 0. The molecule has 0 radical (unpaired) electrons. The summed E-state index contributed by atoms with van der Waals surface area (Å²) in [5.74, 6) is 1.66. The van der Waals surface area contributed by atoms with Crippen molar-refractivity contribution in [2.24, 2.45) is 0 Å².